The Kier molecular flexibility index (Phi) is 7.96. The fourth-order valence-electron chi connectivity index (χ4n) is 5.12. The van der Waals surface area contributed by atoms with Gasteiger partial charge in [0, 0.05) is 16.8 Å². The average molecular weight is 544 g/mol. The van der Waals surface area contributed by atoms with Gasteiger partial charge in [-0.1, -0.05) is 39.0 Å². The highest BCUT2D eigenvalue weighted by molar-refractivity contribution is 6.51. The number of aliphatic hydroxyl groups excluding tert-OH is 1. The summed E-state index contributed by atoms with van der Waals surface area (Å²) in [5.74, 6) is -0.0392. The van der Waals surface area contributed by atoms with E-state index in [2.05, 4.69) is 0 Å². The Labute approximate surface area is 236 Å². The molecule has 0 bridgehead atoms. The van der Waals surface area contributed by atoms with Crippen LogP contribution < -0.4 is 19.1 Å². The molecule has 1 saturated heterocycles. The van der Waals surface area contributed by atoms with Crippen molar-refractivity contribution in [1.82, 2.24) is 0 Å². The van der Waals surface area contributed by atoms with E-state index in [1.807, 2.05) is 65.8 Å². The molecule has 40 heavy (non-hydrogen) atoms. The maximum Gasteiger partial charge on any atom is 0.300 e. The van der Waals surface area contributed by atoms with E-state index < -0.39 is 17.7 Å². The number of nitrogens with zero attached hydrogens (tertiary/aromatic N) is 1. The molecule has 1 fully saturated rings. The van der Waals surface area contributed by atoms with Crippen molar-refractivity contribution in [2.75, 3.05) is 25.7 Å². The standard InChI is InChI=1S/C33H37NO6/c1-9-40-27-18-21(13-16-26(27)39-8)29-28(30(35)22-14-15-25(38-7)23(17-22)33(4,5)6)31(36)32(37)34(29)24-12-10-11-19(2)20(24)3/h10-18,29,35H,9H2,1-8H3/b30-28+. The molecule has 1 aliphatic heterocycles. The Morgan fingerprint density at radius 3 is 2.23 bits per heavy atom. The third-order valence-corrected chi connectivity index (χ3v) is 7.36. The summed E-state index contributed by atoms with van der Waals surface area (Å²) >= 11 is 0. The Morgan fingerprint density at radius 1 is 0.925 bits per heavy atom. The quantitative estimate of drug-likeness (QED) is 0.204. The number of hydrogen-bond acceptors (Lipinski definition) is 6. The van der Waals surface area contributed by atoms with Gasteiger partial charge >= 0.3 is 0 Å². The van der Waals surface area contributed by atoms with E-state index in [9.17, 15) is 14.7 Å². The van der Waals surface area contributed by atoms with E-state index in [4.69, 9.17) is 14.2 Å². The molecule has 1 unspecified atom stereocenters. The van der Waals surface area contributed by atoms with Crippen LogP contribution in [-0.4, -0.2) is 37.6 Å². The smallest absolute Gasteiger partial charge is 0.300 e. The third-order valence-electron chi connectivity index (χ3n) is 7.36. The zero-order valence-electron chi connectivity index (χ0n) is 24.4. The van der Waals surface area contributed by atoms with Gasteiger partial charge in [-0.3, -0.25) is 14.5 Å². The molecule has 0 radical (unpaired) electrons. The minimum absolute atomic E-state index is 0.00328. The molecule has 0 aromatic heterocycles. The van der Waals surface area contributed by atoms with Gasteiger partial charge in [-0.25, -0.2) is 0 Å². The number of ether oxygens (including phenoxy) is 3. The number of ketones is 1. The van der Waals surface area contributed by atoms with Gasteiger partial charge in [0.05, 0.1) is 32.4 Å². The van der Waals surface area contributed by atoms with Crippen molar-refractivity contribution < 1.29 is 28.9 Å². The largest absolute Gasteiger partial charge is 0.507 e. The van der Waals surface area contributed by atoms with Crippen molar-refractivity contribution in [3.8, 4) is 17.2 Å². The number of aryl methyl sites for hydroxylation is 1. The summed E-state index contributed by atoms with van der Waals surface area (Å²) in [4.78, 5) is 28.9. The van der Waals surface area contributed by atoms with E-state index in [1.54, 1.807) is 44.6 Å². The Balaban J connectivity index is 2.02. The zero-order chi connectivity index (χ0) is 29.4. The molecular formula is C33H37NO6. The monoisotopic (exact) mass is 543 g/mol. The van der Waals surface area contributed by atoms with Crippen LogP contribution in [0.1, 0.15) is 61.6 Å². The fourth-order valence-corrected chi connectivity index (χ4v) is 5.12. The van der Waals surface area contributed by atoms with Crippen molar-refractivity contribution >= 4 is 23.1 Å². The summed E-state index contributed by atoms with van der Waals surface area (Å²) < 4.78 is 16.9. The predicted molar refractivity (Wildman–Crippen MR) is 157 cm³/mol. The van der Waals surface area contributed by atoms with Gasteiger partial charge < -0.3 is 19.3 Å². The lowest BCUT2D eigenvalue weighted by Crippen LogP contribution is -2.30. The molecule has 0 aliphatic carbocycles. The van der Waals surface area contributed by atoms with Crippen LogP contribution in [-0.2, 0) is 15.0 Å². The van der Waals surface area contributed by atoms with Gasteiger partial charge in [0.1, 0.15) is 11.5 Å². The van der Waals surface area contributed by atoms with Crippen LogP contribution >= 0.6 is 0 Å². The van der Waals surface area contributed by atoms with Crippen LogP contribution in [0, 0.1) is 13.8 Å². The SMILES string of the molecule is CCOc1cc(C2/C(=C(\O)c3ccc(OC)c(C(C)(C)C)c3)C(=O)C(=O)N2c2cccc(C)c2C)ccc1OC. The van der Waals surface area contributed by atoms with E-state index in [0.29, 0.717) is 40.7 Å². The normalized spacial score (nSPS) is 16.8. The van der Waals surface area contributed by atoms with Crippen LogP contribution in [0.4, 0.5) is 5.69 Å². The Hall–Kier alpha value is -4.26. The molecule has 3 aromatic rings. The van der Waals surface area contributed by atoms with Crippen molar-refractivity contribution in [1.29, 1.82) is 0 Å². The number of methoxy groups -OCH3 is 2. The molecule has 1 N–H and O–H groups in total. The summed E-state index contributed by atoms with van der Waals surface area (Å²) in [5, 5.41) is 11.7. The van der Waals surface area contributed by atoms with E-state index in [1.165, 1.54) is 4.90 Å². The molecule has 7 nitrogen and oxygen atoms in total. The highest BCUT2D eigenvalue weighted by Gasteiger charge is 2.47. The second-order valence-corrected chi connectivity index (χ2v) is 10.9. The van der Waals surface area contributed by atoms with Gasteiger partial charge in [0.2, 0.25) is 0 Å². The number of anilines is 1. The van der Waals surface area contributed by atoms with Crippen LogP contribution in [0.15, 0.2) is 60.2 Å². The topological polar surface area (TPSA) is 85.3 Å². The average Bonchev–Trinajstić information content (AvgIpc) is 3.19. The molecule has 0 saturated carbocycles. The van der Waals surface area contributed by atoms with E-state index in [0.717, 1.165) is 16.7 Å². The Morgan fingerprint density at radius 2 is 1.60 bits per heavy atom. The number of benzene rings is 3. The number of rotatable bonds is 7. The third kappa shape index (κ3) is 5.04. The van der Waals surface area contributed by atoms with Crippen molar-refractivity contribution in [3.05, 3.63) is 88.0 Å². The maximum atomic E-state index is 13.7. The molecule has 7 heteroatoms. The summed E-state index contributed by atoms with van der Waals surface area (Å²) in [5.41, 5.74) is 4.05. The van der Waals surface area contributed by atoms with Crippen molar-refractivity contribution in [2.24, 2.45) is 0 Å². The first-order valence-corrected chi connectivity index (χ1v) is 13.3. The number of carbonyl (C=O) groups excluding carboxylic acids is 2. The number of amides is 1. The molecular weight excluding hydrogens is 506 g/mol. The molecule has 3 aromatic carbocycles. The first-order valence-electron chi connectivity index (χ1n) is 13.3. The minimum atomic E-state index is -0.897. The number of hydrogen-bond donors (Lipinski definition) is 1. The fraction of sp³-hybridized carbons (Fsp3) is 0.333. The van der Waals surface area contributed by atoms with Crippen LogP contribution in [0.3, 0.4) is 0 Å². The summed E-state index contributed by atoms with van der Waals surface area (Å²) in [6.07, 6.45) is 0. The lowest BCUT2D eigenvalue weighted by atomic mass is 9.84. The van der Waals surface area contributed by atoms with Gasteiger partial charge in [-0.05, 0) is 79.3 Å². The van der Waals surface area contributed by atoms with Crippen LogP contribution in [0.25, 0.3) is 5.76 Å². The van der Waals surface area contributed by atoms with Gasteiger partial charge in [-0.15, -0.1) is 0 Å². The second-order valence-electron chi connectivity index (χ2n) is 10.9. The van der Waals surface area contributed by atoms with Gasteiger partial charge in [0.15, 0.2) is 11.5 Å². The van der Waals surface area contributed by atoms with Crippen LogP contribution in [0.5, 0.6) is 17.2 Å². The molecule has 1 heterocycles. The van der Waals surface area contributed by atoms with Crippen LogP contribution in [0.2, 0.25) is 0 Å². The van der Waals surface area contributed by atoms with E-state index in [-0.39, 0.29) is 16.7 Å². The predicted octanol–water partition coefficient (Wildman–Crippen LogP) is 6.64. The minimum Gasteiger partial charge on any atom is -0.507 e. The van der Waals surface area contributed by atoms with Crippen molar-refractivity contribution in [2.45, 2.75) is 53.0 Å². The first-order chi connectivity index (χ1) is 18.9. The van der Waals surface area contributed by atoms with E-state index >= 15 is 0 Å². The van der Waals surface area contributed by atoms with Gasteiger partial charge in [-0.2, -0.15) is 0 Å². The first kappa shape index (κ1) is 28.7. The summed E-state index contributed by atoms with van der Waals surface area (Å²) in [7, 11) is 3.15. The number of aliphatic hydroxyl groups is 1. The molecule has 1 amide bonds. The maximum absolute atomic E-state index is 13.7. The van der Waals surface area contributed by atoms with Crippen molar-refractivity contribution in [3.63, 3.8) is 0 Å². The lowest BCUT2D eigenvalue weighted by molar-refractivity contribution is -0.132. The molecule has 1 aliphatic rings. The summed E-state index contributed by atoms with van der Waals surface area (Å²) in [6, 6.07) is 15.3. The molecule has 210 valence electrons. The highest BCUT2D eigenvalue weighted by atomic mass is 16.5. The zero-order valence-corrected chi connectivity index (χ0v) is 24.4. The summed E-state index contributed by atoms with van der Waals surface area (Å²) in [6.45, 7) is 12.3. The second kappa shape index (κ2) is 11.1. The molecule has 0 spiro atoms. The molecule has 1 atom stereocenters. The lowest BCUT2D eigenvalue weighted by Gasteiger charge is -2.28. The highest BCUT2D eigenvalue weighted by Crippen LogP contribution is 2.46. The Bertz CT molecular complexity index is 1500. The molecule has 4 rings (SSSR count). The number of Topliss-reactive ketones (excluding diaryl/α,β-unsaturated/α-hetero) is 1. The number of carbonyl (C=O) groups is 2. The van der Waals surface area contributed by atoms with Gasteiger partial charge in [0.25, 0.3) is 11.7 Å².